The molecular weight excluding hydrogens is 454 g/mol. The van der Waals surface area contributed by atoms with Crippen molar-refractivity contribution in [3.8, 4) is 5.88 Å². The van der Waals surface area contributed by atoms with E-state index >= 15 is 0 Å². The predicted octanol–water partition coefficient (Wildman–Crippen LogP) is 5.81. The van der Waals surface area contributed by atoms with E-state index in [4.69, 9.17) is 4.74 Å². The number of carboxylic acids is 1. The minimum Gasteiger partial charge on any atom is -0.481 e. The van der Waals surface area contributed by atoms with Gasteiger partial charge in [0.1, 0.15) is 18.2 Å². The number of fused-ring (bicyclic) bond motifs is 4. The van der Waals surface area contributed by atoms with Crippen LogP contribution in [0.3, 0.4) is 0 Å². The molecule has 6 nitrogen and oxygen atoms in total. The number of ketones is 1. The molecule has 1 aromatic carbocycles. The van der Waals surface area contributed by atoms with Gasteiger partial charge in [-0.1, -0.05) is 6.07 Å². The van der Waals surface area contributed by atoms with Gasteiger partial charge in [-0.25, -0.2) is 13.3 Å². The molecule has 184 valence electrons. The number of carboxylic acid groups (broad SMARTS) is 1. The van der Waals surface area contributed by atoms with Crippen LogP contribution in [-0.4, -0.2) is 26.5 Å². The van der Waals surface area contributed by atoms with Crippen LogP contribution >= 0.6 is 0 Å². The number of nitrogens with zero attached hydrogens (tertiary/aromatic N) is 2. The van der Waals surface area contributed by atoms with Crippen LogP contribution in [0.15, 0.2) is 30.3 Å². The zero-order valence-corrected chi connectivity index (χ0v) is 19.9. The van der Waals surface area contributed by atoms with Crippen LogP contribution < -0.4 is 4.74 Å². The number of rotatable bonds is 7. The van der Waals surface area contributed by atoms with Crippen molar-refractivity contribution in [2.75, 3.05) is 0 Å². The second-order valence-electron chi connectivity index (χ2n) is 10.3. The number of aliphatic carboxylic acids is 1. The predicted molar refractivity (Wildman–Crippen MR) is 125 cm³/mol. The Balaban J connectivity index is 1.42. The molecule has 0 amide bonds. The number of halogens is 2. The Morgan fingerprint density at radius 3 is 2.29 bits per heavy atom. The first kappa shape index (κ1) is 23.5. The lowest BCUT2D eigenvalue weighted by Gasteiger charge is -2.51. The summed E-state index contributed by atoms with van der Waals surface area (Å²) in [6, 6.07) is 7.24. The van der Waals surface area contributed by atoms with Crippen molar-refractivity contribution >= 4 is 17.3 Å². The average Bonchev–Trinajstić information content (AvgIpc) is 3.15. The van der Waals surface area contributed by atoms with Crippen LogP contribution in [-0.2, 0) is 11.4 Å². The van der Waals surface area contributed by atoms with Gasteiger partial charge in [0.25, 0.3) is 0 Å². The fraction of sp³-hybridized carbons (Fsp3) is 0.444. The maximum Gasteiger partial charge on any atom is 0.309 e. The average molecular weight is 483 g/mol. The van der Waals surface area contributed by atoms with E-state index in [1.165, 1.54) is 22.7 Å². The molecule has 0 aliphatic heterocycles. The van der Waals surface area contributed by atoms with Crippen LogP contribution in [0.5, 0.6) is 5.88 Å². The highest BCUT2D eigenvalue weighted by Gasteiger charge is 2.53. The molecule has 3 aliphatic carbocycles. The molecule has 3 aliphatic rings. The van der Waals surface area contributed by atoms with Crippen LogP contribution in [0, 0.1) is 36.3 Å². The number of pyridine rings is 1. The van der Waals surface area contributed by atoms with E-state index in [1.54, 1.807) is 13.0 Å². The second-order valence-corrected chi connectivity index (χ2v) is 10.3. The maximum absolute atomic E-state index is 14.1. The molecular formula is C27H28F2N2O4. The molecule has 0 saturated heterocycles. The van der Waals surface area contributed by atoms with Crippen molar-refractivity contribution in [3.63, 3.8) is 0 Å². The molecule has 3 saturated carbocycles. The van der Waals surface area contributed by atoms with E-state index in [0.29, 0.717) is 48.3 Å². The van der Waals surface area contributed by atoms with Crippen LogP contribution in [0.2, 0.25) is 0 Å². The quantitative estimate of drug-likeness (QED) is 0.430. The third kappa shape index (κ3) is 3.98. The summed E-state index contributed by atoms with van der Waals surface area (Å²) in [6.45, 7) is 3.32. The lowest BCUT2D eigenvalue weighted by molar-refractivity contribution is -0.158. The maximum atomic E-state index is 14.1. The molecule has 0 unspecified atom stereocenters. The first-order chi connectivity index (χ1) is 16.6. The number of Topliss-reactive ketones (excluding diaryl/α,β-unsaturated/α-hetero) is 1. The molecule has 0 spiro atoms. The summed E-state index contributed by atoms with van der Waals surface area (Å²) in [6.07, 6.45) is 4.43. The summed E-state index contributed by atoms with van der Waals surface area (Å²) >= 11 is 0. The van der Waals surface area contributed by atoms with Gasteiger partial charge in [0.15, 0.2) is 5.78 Å². The monoisotopic (exact) mass is 482 g/mol. The summed E-state index contributed by atoms with van der Waals surface area (Å²) in [5.74, 6) is -1.81. The summed E-state index contributed by atoms with van der Waals surface area (Å²) in [7, 11) is 0. The smallest absolute Gasteiger partial charge is 0.309 e. The van der Waals surface area contributed by atoms with Gasteiger partial charge in [-0.2, -0.15) is 5.10 Å². The Morgan fingerprint density at radius 1 is 1.06 bits per heavy atom. The van der Waals surface area contributed by atoms with Crippen molar-refractivity contribution < 1.29 is 28.2 Å². The van der Waals surface area contributed by atoms with Gasteiger partial charge in [0, 0.05) is 12.5 Å². The van der Waals surface area contributed by atoms with Crippen molar-refractivity contribution in [1.29, 1.82) is 0 Å². The SMILES string of the molecule is Cc1cc(OCc2c(F)cccc2F)n2nc(C)c(C(=O)CC34CCC(C(=O)O)(CC3)CC4)c2c1. The molecule has 3 aromatic rings. The van der Waals surface area contributed by atoms with E-state index in [0.717, 1.165) is 24.8 Å². The first-order valence-electron chi connectivity index (χ1n) is 12.0. The highest BCUT2D eigenvalue weighted by atomic mass is 19.1. The highest BCUT2D eigenvalue weighted by molar-refractivity contribution is 6.04. The number of ether oxygens (including phenoxy) is 1. The van der Waals surface area contributed by atoms with Crippen LogP contribution in [0.4, 0.5) is 8.78 Å². The van der Waals surface area contributed by atoms with E-state index in [2.05, 4.69) is 5.10 Å². The van der Waals surface area contributed by atoms with Gasteiger partial charge < -0.3 is 9.84 Å². The number of hydrogen-bond acceptors (Lipinski definition) is 4. The Labute approximate surface area is 201 Å². The standard InChI is InChI=1S/C27H28F2N2O4/c1-16-12-21-24(22(32)14-26-6-9-27(10-7-26,11-8-26)25(33)34)17(2)30-31(21)23(13-16)35-15-18-19(28)4-3-5-20(18)29/h3-5,12-13H,6-11,14-15H2,1-2H3,(H,33,34). The normalized spacial score (nSPS) is 23.5. The zero-order chi connectivity index (χ0) is 25.0. The number of carbonyl (C=O) groups excluding carboxylic acids is 1. The largest absolute Gasteiger partial charge is 0.481 e. The second kappa shape index (κ2) is 8.43. The molecule has 0 radical (unpaired) electrons. The molecule has 2 aromatic heterocycles. The fourth-order valence-corrected chi connectivity index (χ4v) is 5.90. The lowest BCUT2D eigenvalue weighted by Crippen LogP contribution is -2.46. The van der Waals surface area contributed by atoms with Gasteiger partial charge in [0.2, 0.25) is 5.88 Å². The van der Waals surface area contributed by atoms with Crippen molar-refractivity contribution in [2.45, 2.75) is 65.4 Å². The fourth-order valence-electron chi connectivity index (χ4n) is 5.90. The number of aromatic nitrogens is 2. The molecule has 2 heterocycles. The molecule has 3 fully saturated rings. The molecule has 0 atom stereocenters. The molecule has 35 heavy (non-hydrogen) atoms. The highest BCUT2D eigenvalue weighted by Crippen LogP contribution is 2.58. The Kier molecular flexibility index (Phi) is 5.65. The topological polar surface area (TPSA) is 80.9 Å². The molecule has 6 rings (SSSR count). The van der Waals surface area contributed by atoms with Crippen molar-refractivity contribution in [2.24, 2.45) is 10.8 Å². The number of hydrogen-bond donors (Lipinski definition) is 1. The van der Waals surface area contributed by atoms with Crippen molar-refractivity contribution in [1.82, 2.24) is 9.61 Å². The minimum atomic E-state index is -0.714. The Morgan fingerprint density at radius 2 is 1.69 bits per heavy atom. The van der Waals surface area contributed by atoms with Gasteiger partial charge >= 0.3 is 5.97 Å². The van der Waals surface area contributed by atoms with E-state index in [1.807, 2.05) is 13.0 Å². The minimum absolute atomic E-state index is 0.0149. The van der Waals surface area contributed by atoms with Gasteiger partial charge in [0.05, 0.1) is 27.8 Å². The summed E-state index contributed by atoms with van der Waals surface area (Å²) in [5, 5.41) is 14.2. The number of aryl methyl sites for hydroxylation is 2. The summed E-state index contributed by atoms with van der Waals surface area (Å²) in [5.41, 5.74) is 1.55. The van der Waals surface area contributed by atoms with E-state index in [9.17, 15) is 23.5 Å². The molecule has 8 heteroatoms. The van der Waals surface area contributed by atoms with Gasteiger partial charge in [-0.05, 0) is 81.5 Å². The van der Waals surface area contributed by atoms with Gasteiger partial charge in [-0.3, -0.25) is 9.59 Å². The lowest BCUT2D eigenvalue weighted by atomic mass is 9.52. The first-order valence-corrected chi connectivity index (χ1v) is 12.0. The van der Waals surface area contributed by atoms with E-state index < -0.39 is 23.0 Å². The third-order valence-corrected chi connectivity index (χ3v) is 8.12. The van der Waals surface area contributed by atoms with Crippen LogP contribution in [0.1, 0.15) is 72.1 Å². The zero-order valence-electron chi connectivity index (χ0n) is 19.9. The van der Waals surface area contributed by atoms with Crippen LogP contribution in [0.25, 0.3) is 5.52 Å². The van der Waals surface area contributed by atoms with E-state index in [-0.39, 0.29) is 23.4 Å². The van der Waals surface area contributed by atoms with Crippen molar-refractivity contribution in [3.05, 3.63) is 64.4 Å². The molecule has 2 bridgehead atoms. The Bertz CT molecular complexity index is 1300. The Hall–Kier alpha value is -3.29. The molecule has 1 N–H and O–H groups in total. The van der Waals surface area contributed by atoms with Gasteiger partial charge in [-0.15, -0.1) is 0 Å². The summed E-state index contributed by atoms with van der Waals surface area (Å²) in [4.78, 5) is 25.3. The summed E-state index contributed by atoms with van der Waals surface area (Å²) < 4.78 is 35.4. The number of carbonyl (C=O) groups is 2. The number of benzene rings is 1. The third-order valence-electron chi connectivity index (χ3n) is 8.12.